The van der Waals surface area contributed by atoms with Gasteiger partial charge in [-0.1, -0.05) is 30.3 Å². The normalized spacial score (nSPS) is 10.8. The number of nitrogens with zero attached hydrogens (tertiary/aromatic N) is 1. The topological polar surface area (TPSA) is 138 Å². The Labute approximate surface area is 241 Å². The number of nitrogens with one attached hydrogen (secondary N) is 2. The number of carboxylic acids is 1. The van der Waals surface area contributed by atoms with E-state index in [9.17, 15) is 24.3 Å². The largest absolute Gasteiger partial charge is 0.550 e. The van der Waals surface area contributed by atoms with Crippen molar-refractivity contribution in [3.8, 4) is 5.75 Å². The Morgan fingerprint density at radius 2 is 1.26 bits per heavy atom. The highest BCUT2D eigenvalue weighted by molar-refractivity contribution is 6.09. The molecule has 0 radical (unpaired) electrons. The van der Waals surface area contributed by atoms with E-state index in [0.717, 1.165) is 21.9 Å². The van der Waals surface area contributed by atoms with Crippen LogP contribution < -0.4 is 20.5 Å². The number of carbonyl (C=O) groups excluding carboxylic acids is 4. The van der Waals surface area contributed by atoms with Crippen molar-refractivity contribution in [3.05, 3.63) is 107 Å². The highest BCUT2D eigenvalue weighted by Crippen LogP contribution is 2.30. The molecule has 9 nitrogen and oxygen atoms in total. The van der Waals surface area contributed by atoms with Gasteiger partial charge < -0.3 is 25.3 Å². The van der Waals surface area contributed by atoms with E-state index in [1.807, 2.05) is 32.0 Å². The lowest BCUT2D eigenvalue weighted by molar-refractivity contribution is -0.304. The molecule has 5 rings (SSSR count). The molecule has 0 fully saturated rings. The second-order valence-electron chi connectivity index (χ2n) is 9.91. The van der Waals surface area contributed by atoms with Crippen molar-refractivity contribution in [2.45, 2.75) is 27.2 Å². The van der Waals surface area contributed by atoms with Gasteiger partial charge >= 0.3 is 5.97 Å². The van der Waals surface area contributed by atoms with E-state index in [1.165, 1.54) is 6.92 Å². The second kappa shape index (κ2) is 11.5. The number of aryl methyl sites for hydroxylation is 2. The second-order valence-corrected chi connectivity index (χ2v) is 9.91. The van der Waals surface area contributed by atoms with Crippen LogP contribution in [-0.4, -0.2) is 28.7 Å². The zero-order valence-electron chi connectivity index (χ0n) is 23.1. The van der Waals surface area contributed by atoms with Crippen LogP contribution in [0, 0.1) is 13.8 Å². The molecule has 4 aromatic carbocycles. The minimum absolute atomic E-state index is 0.164. The molecular weight excluding hydrogens is 534 g/mol. The van der Waals surface area contributed by atoms with Crippen LogP contribution >= 0.6 is 0 Å². The standard InChI is InChI=1S/C33H27N3O6/c1-18-12-22-14-23-13-19(2)27(36-33(41)25-10-6-7-11-30(25)42-20(3)37)17-29(23)34-28(22)16-26(18)35-32(40)24-9-5-4-8-21(24)15-31(38)39/h4-14,16-17H,15H2,1-3H3,(H,35,40)(H,36,41)(H,38,39)/p-1. The zero-order chi connectivity index (χ0) is 30.0. The van der Waals surface area contributed by atoms with Crippen LogP contribution in [0.2, 0.25) is 0 Å². The van der Waals surface area contributed by atoms with Gasteiger partial charge in [0, 0.05) is 47.0 Å². The van der Waals surface area contributed by atoms with E-state index in [1.54, 1.807) is 60.7 Å². The van der Waals surface area contributed by atoms with E-state index in [4.69, 9.17) is 9.72 Å². The SMILES string of the molecule is CC(=O)Oc1ccccc1C(=O)Nc1cc2nc3cc(NC(=O)c4ccccc4CC(=O)[O-])c(C)cc3cc2cc1C. The smallest absolute Gasteiger partial charge is 0.308 e. The number of rotatable bonds is 7. The number of fused-ring (bicyclic) bond motifs is 2. The molecule has 1 aromatic heterocycles. The Morgan fingerprint density at radius 3 is 1.83 bits per heavy atom. The summed E-state index contributed by atoms with van der Waals surface area (Å²) >= 11 is 0. The van der Waals surface area contributed by atoms with Crippen LogP contribution in [0.25, 0.3) is 21.8 Å². The van der Waals surface area contributed by atoms with Crippen LogP contribution in [-0.2, 0) is 16.0 Å². The summed E-state index contributed by atoms with van der Waals surface area (Å²) in [7, 11) is 0. The molecule has 0 saturated carbocycles. The van der Waals surface area contributed by atoms with Crippen LogP contribution in [0.3, 0.4) is 0 Å². The Kier molecular flexibility index (Phi) is 7.66. The van der Waals surface area contributed by atoms with E-state index in [0.29, 0.717) is 28.0 Å². The fraction of sp³-hybridized carbons (Fsp3) is 0.121. The summed E-state index contributed by atoms with van der Waals surface area (Å²) in [4.78, 5) is 53.6. The predicted molar refractivity (Wildman–Crippen MR) is 158 cm³/mol. The molecule has 0 bridgehead atoms. The third kappa shape index (κ3) is 5.95. The number of para-hydroxylation sites is 1. The molecule has 0 saturated heterocycles. The zero-order valence-corrected chi connectivity index (χ0v) is 23.1. The van der Waals surface area contributed by atoms with Crippen molar-refractivity contribution in [2.75, 3.05) is 10.6 Å². The summed E-state index contributed by atoms with van der Waals surface area (Å²) in [5.74, 6) is -2.51. The maximum atomic E-state index is 13.1. The molecule has 42 heavy (non-hydrogen) atoms. The molecule has 0 spiro atoms. The number of benzene rings is 4. The van der Waals surface area contributed by atoms with Gasteiger partial charge in [-0.3, -0.25) is 14.4 Å². The first-order valence-electron chi connectivity index (χ1n) is 13.1. The highest BCUT2D eigenvalue weighted by Gasteiger charge is 2.17. The third-order valence-corrected chi connectivity index (χ3v) is 6.78. The van der Waals surface area contributed by atoms with Gasteiger partial charge in [0.1, 0.15) is 5.75 Å². The van der Waals surface area contributed by atoms with Crippen LogP contribution in [0.4, 0.5) is 11.4 Å². The van der Waals surface area contributed by atoms with Crippen molar-refractivity contribution >= 4 is 56.9 Å². The number of esters is 1. The number of ether oxygens (including phenoxy) is 1. The molecular formula is C33H26N3O6-. The lowest BCUT2D eigenvalue weighted by Crippen LogP contribution is -2.26. The van der Waals surface area contributed by atoms with E-state index in [-0.39, 0.29) is 23.3 Å². The van der Waals surface area contributed by atoms with E-state index < -0.39 is 23.8 Å². The molecule has 0 aliphatic heterocycles. The van der Waals surface area contributed by atoms with Gasteiger partial charge in [-0.25, -0.2) is 4.98 Å². The molecule has 9 heteroatoms. The molecule has 0 atom stereocenters. The molecule has 0 aliphatic rings. The fourth-order valence-electron chi connectivity index (χ4n) is 4.76. The number of carbonyl (C=O) groups is 4. The minimum Gasteiger partial charge on any atom is -0.550 e. The average Bonchev–Trinajstić information content (AvgIpc) is 2.93. The number of aliphatic carboxylic acids is 1. The first-order chi connectivity index (χ1) is 20.1. The number of anilines is 2. The van der Waals surface area contributed by atoms with Gasteiger partial charge in [0.2, 0.25) is 0 Å². The first kappa shape index (κ1) is 28.0. The van der Waals surface area contributed by atoms with E-state index in [2.05, 4.69) is 10.6 Å². The van der Waals surface area contributed by atoms with Gasteiger partial charge in [0.15, 0.2) is 0 Å². The van der Waals surface area contributed by atoms with Gasteiger partial charge in [-0.05, 0) is 79.1 Å². The van der Waals surface area contributed by atoms with Crippen molar-refractivity contribution in [1.82, 2.24) is 4.98 Å². The molecule has 1 heterocycles. The molecule has 2 N–H and O–H groups in total. The minimum atomic E-state index is -1.27. The molecule has 0 aliphatic carbocycles. The number of aromatic nitrogens is 1. The van der Waals surface area contributed by atoms with Gasteiger partial charge in [0.05, 0.1) is 16.6 Å². The summed E-state index contributed by atoms with van der Waals surface area (Å²) in [6.07, 6.45) is -0.374. The summed E-state index contributed by atoms with van der Waals surface area (Å²) in [5.41, 5.74) is 4.77. The number of hydrogen-bond donors (Lipinski definition) is 2. The Hall–Kier alpha value is -5.57. The molecule has 210 valence electrons. The summed E-state index contributed by atoms with van der Waals surface area (Å²) in [6, 6.07) is 22.3. The summed E-state index contributed by atoms with van der Waals surface area (Å²) in [5, 5.41) is 18.6. The quantitative estimate of drug-likeness (QED) is 0.167. The number of carboxylic acid groups (broad SMARTS) is 1. The van der Waals surface area contributed by atoms with Crippen molar-refractivity contribution < 1.29 is 29.0 Å². The highest BCUT2D eigenvalue weighted by atomic mass is 16.5. The molecule has 2 amide bonds. The van der Waals surface area contributed by atoms with Crippen molar-refractivity contribution in [3.63, 3.8) is 0 Å². The Balaban J connectivity index is 1.46. The van der Waals surface area contributed by atoms with E-state index >= 15 is 0 Å². The lowest BCUT2D eigenvalue weighted by atomic mass is 10.0. The molecule has 0 unspecified atom stereocenters. The Morgan fingerprint density at radius 1 is 0.738 bits per heavy atom. The monoisotopic (exact) mass is 560 g/mol. The van der Waals surface area contributed by atoms with Gasteiger partial charge in [0.25, 0.3) is 11.8 Å². The number of hydrogen-bond acceptors (Lipinski definition) is 7. The van der Waals surface area contributed by atoms with Crippen molar-refractivity contribution in [1.29, 1.82) is 0 Å². The maximum absolute atomic E-state index is 13.1. The molecule has 5 aromatic rings. The van der Waals surface area contributed by atoms with Gasteiger partial charge in [-0.2, -0.15) is 0 Å². The third-order valence-electron chi connectivity index (χ3n) is 6.78. The number of pyridine rings is 1. The summed E-state index contributed by atoms with van der Waals surface area (Å²) < 4.78 is 5.18. The van der Waals surface area contributed by atoms with Gasteiger partial charge in [-0.15, -0.1) is 0 Å². The maximum Gasteiger partial charge on any atom is 0.308 e. The predicted octanol–water partition coefficient (Wildman–Crippen LogP) is 4.73. The average molecular weight is 561 g/mol. The Bertz CT molecular complexity index is 1780. The fourth-order valence-corrected chi connectivity index (χ4v) is 4.76. The summed E-state index contributed by atoms with van der Waals surface area (Å²) in [6.45, 7) is 5.01. The van der Waals surface area contributed by atoms with Crippen LogP contribution in [0.1, 0.15) is 44.3 Å². The lowest BCUT2D eigenvalue weighted by Gasteiger charge is -2.14. The van der Waals surface area contributed by atoms with Crippen molar-refractivity contribution in [2.24, 2.45) is 0 Å². The first-order valence-corrected chi connectivity index (χ1v) is 13.1. The van der Waals surface area contributed by atoms with Crippen LogP contribution in [0.15, 0.2) is 78.9 Å². The number of amides is 2. The van der Waals surface area contributed by atoms with Crippen LogP contribution in [0.5, 0.6) is 5.75 Å².